The van der Waals surface area contributed by atoms with E-state index in [4.69, 9.17) is 14.2 Å². The molecular weight excluding hydrogens is 524 g/mol. The summed E-state index contributed by atoms with van der Waals surface area (Å²) < 4.78 is 27.5. The first-order chi connectivity index (χ1) is 18.7. The van der Waals surface area contributed by atoms with Crippen LogP contribution >= 0.6 is 0 Å². The van der Waals surface area contributed by atoms with Gasteiger partial charge in [0.15, 0.2) is 5.82 Å². The third-order valence-corrected chi connectivity index (χ3v) is 10.4. The number of amides is 1. The molecule has 0 saturated heterocycles. The molecule has 1 N–H and O–H groups in total. The Morgan fingerprint density at radius 3 is 2.35 bits per heavy atom. The molecule has 5 rings (SSSR count). The third kappa shape index (κ3) is 6.68. The molecule has 3 saturated carbocycles. The molecule has 0 radical (unpaired) electrons. The minimum atomic E-state index is -1.10. The first-order valence-electron chi connectivity index (χ1n) is 14.8. The molecule has 0 spiro atoms. The van der Waals surface area contributed by atoms with Crippen molar-refractivity contribution in [2.45, 2.75) is 133 Å². The second-order valence-electron chi connectivity index (χ2n) is 14.5. The molecule has 1 aromatic carbocycles. The molecule has 9 heteroatoms. The average molecular weight is 571 g/mol. The Bertz CT molecular complexity index is 1180. The smallest absolute Gasteiger partial charge is 0.410 e. The van der Waals surface area contributed by atoms with Crippen LogP contribution < -0.4 is 4.72 Å². The fourth-order valence-electron chi connectivity index (χ4n) is 5.75. The van der Waals surface area contributed by atoms with E-state index in [1.807, 2.05) is 52.5 Å². The van der Waals surface area contributed by atoms with E-state index in [1.165, 1.54) is 5.56 Å². The molecule has 1 aromatic heterocycles. The van der Waals surface area contributed by atoms with Crippen molar-refractivity contribution in [1.29, 1.82) is 0 Å². The Morgan fingerprint density at radius 1 is 1.12 bits per heavy atom. The maximum Gasteiger partial charge on any atom is 0.410 e. The van der Waals surface area contributed by atoms with Gasteiger partial charge in [-0.3, -0.25) is 0 Å². The van der Waals surface area contributed by atoms with Crippen molar-refractivity contribution in [2.75, 3.05) is 6.54 Å². The summed E-state index contributed by atoms with van der Waals surface area (Å²) >= 11 is -1.10. The third-order valence-electron chi connectivity index (χ3n) is 8.59. The number of ether oxygens (including phenoxy) is 1. The van der Waals surface area contributed by atoms with Crippen LogP contribution in [0.3, 0.4) is 0 Å². The number of benzene rings is 1. The number of aromatic nitrogens is 2. The second kappa shape index (κ2) is 10.6. The summed E-state index contributed by atoms with van der Waals surface area (Å²) in [5.41, 5.74) is 0.254. The SMILES string of the molecule is CC1(N[S+]([O-])C(C)(C)C)CCC(c2nc(C3(CN(C(=O)OC(C)(C)C)[C@@H]4C[C@H]4c4ccccc4)CC3)no2)CC1. The number of carbonyl (C=O) groups excluding carboxylic acids is 1. The predicted molar refractivity (Wildman–Crippen MR) is 156 cm³/mol. The van der Waals surface area contributed by atoms with Crippen LogP contribution in [0, 0.1) is 0 Å². The molecule has 3 atom stereocenters. The van der Waals surface area contributed by atoms with Gasteiger partial charge >= 0.3 is 6.09 Å². The maximum atomic E-state index is 13.4. The van der Waals surface area contributed by atoms with Gasteiger partial charge in [0.2, 0.25) is 5.89 Å². The first kappa shape index (κ1) is 29.4. The van der Waals surface area contributed by atoms with Crippen LogP contribution in [0.15, 0.2) is 34.9 Å². The minimum Gasteiger partial charge on any atom is -0.598 e. The van der Waals surface area contributed by atoms with Gasteiger partial charge in [0.25, 0.3) is 0 Å². The van der Waals surface area contributed by atoms with E-state index in [2.05, 4.69) is 41.1 Å². The minimum absolute atomic E-state index is 0.114. The molecule has 8 nitrogen and oxygen atoms in total. The van der Waals surface area contributed by atoms with E-state index in [9.17, 15) is 9.35 Å². The van der Waals surface area contributed by atoms with Crippen LogP contribution in [-0.4, -0.2) is 54.2 Å². The molecule has 2 aromatic rings. The lowest BCUT2D eigenvalue weighted by molar-refractivity contribution is 0.0208. The van der Waals surface area contributed by atoms with Crippen LogP contribution in [0.1, 0.15) is 123 Å². The molecular formula is C31H46N4O4S. The molecule has 40 heavy (non-hydrogen) atoms. The highest BCUT2D eigenvalue weighted by Crippen LogP contribution is 2.52. The Balaban J connectivity index is 1.26. The van der Waals surface area contributed by atoms with Crippen molar-refractivity contribution >= 4 is 17.5 Å². The summed E-state index contributed by atoms with van der Waals surface area (Å²) in [7, 11) is 0. The van der Waals surface area contributed by atoms with Gasteiger partial charge in [-0.25, -0.2) is 4.79 Å². The lowest BCUT2D eigenvalue weighted by Crippen LogP contribution is -2.53. The first-order valence-corrected chi connectivity index (χ1v) is 15.9. The highest BCUT2D eigenvalue weighted by atomic mass is 32.2. The zero-order valence-corrected chi connectivity index (χ0v) is 26.0. The Kier molecular flexibility index (Phi) is 7.81. The standard InChI is InChI=1S/C31H46N4O4S/c1-28(2,3)38-27(36)35(24-19-23(24)21-11-9-8-10-12-21)20-31(17-18-31)26-32-25(39-33-26)22-13-15-30(7,16-14-22)34-40(37)29(4,5)6/h8-12,22-24,34H,13-20H2,1-7H3/t22?,23-,24+,30?,40?/m0/s1. The average Bonchev–Trinajstić information content (AvgIpc) is 3.78. The number of nitrogens with one attached hydrogen (secondary N) is 1. The summed E-state index contributed by atoms with van der Waals surface area (Å²) in [6, 6.07) is 10.5. The molecule has 0 aliphatic heterocycles. The van der Waals surface area contributed by atoms with Crippen molar-refractivity contribution in [3.05, 3.63) is 47.6 Å². The lowest BCUT2D eigenvalue weighted by Gasteiger charge is -2.38. The maximum absolute atomic E-state index is 13.4. The highest BCUT2D eigenvalue weighted by molar-refractivity contribution is 7.90. The molecule has 3 aliphatic carbocycles. The van der Waals surface area contributed by atoms with Crippen molar-refractivity contribution in [2.24, 2.45) is 0 Å². The summed E-state index contributed by atoms with van der Waals surface area (Å²) in [4.78, 5) is 20.3. The molecule has 3 aliphatic rings. The van der Waals surface area contributed by atoms with Crippen LogP contribution in [0.25, 0.3) is 0 Å². The number of rotatable bonds is 8. The van der Waals surface area contributed by atoms with Crippen LogP contribution in [-0.2, 0) is 21.5 Å². The van der Waals surface area contributed by atoms with Gasteiger partial charge in [-0.05, 0) is 99.0 Å². The van der Waals surface area contributed by atoms with Gasteiger partial charge in [-0.2, -0.15) is 4.98 Å². The monoisotopic (exact) mass is 570 g/mol. The normalized spacial score (nSPS) is 28.6. The second-order valence-corrected chi connectivity index (χ2v) is 16.4. The van der Waals surface area contributed by atoms with E-state index >= 15 is 0 Å². The van der Waals surface area contributed by atoms with Gasteiger partial charge in [0, 0.05) is 35.8 Å². The van der Waals surface area contributed by atoms with Crippen LogP contribution in [0.2, 0.25) is 0 Å². The van der Waals surface area contributed by atoms with Gasteiger partial charge in [-0.1, -0.05) is 35.5 Å². The number of nitrogens with zero attached hydrogens (tertiary/aromatic N) is 3. The predicted octanol–water partition coefficient (Wildman–Crippen LogP) is 6.36. The zero-order valence-electron chi connectivity index (χ0n) is 25.2. The molecule has 0 bridgehead atoms. The molecule has 1 unspecified atom stereocenters. The van der Waals surface area contributed by atoms with Crippen molar-refractivity contribution in [3.8, 4) is 0 Å². The fraction of sp³-hybridized carbons (Fsp3) is 0.710. The molecule has 220 valence electrons. The number of hydrogen-bond donors (Lipinski definition) is 1. The highest BCUT2D eigenvalue weighted by Gasteiger charge is 2.55. The van der Waals surface area contributed by atoms with Crippen LogP contribution in [0.4, 0.5) is 4.79 Å². The van der Waals surface area contributed by atoms with Crippen molar-refractivity contribution < 1.29 is 18.6 Å². The van der Waals surface area contributed by atoms with Gasteiger partial charge in [-0.15, -0.1) is 4.72 Å². The van der Waals surface area contributed by atoms with Crippen molar-refractivity contribution in [1.82, 2.24) is 19.8 Å². The number of carbonyl (C=O) groups is 1. The fourth-order valence-corrected chi connectivity index (χ4v) is 6.71. The van der Waals surface area contributed by atoms with Gasteiger partial charge < -0.3 is 18.7 Å². The number of hydrogen-bond acceptors (Lipinski definition) is 7. The van der Waals surface area contributed by atoms with Gasteiger partial charge in [0.05, 0.1) is 11.0 Å². The van der Waals surface area contributed by atoms with Gasteiger partial charge in [0.1, 0.15) is 10.3 Å². The van der Waals surface area contributed by atoms with E-state index in [-0.39, 0.29) is 33.8 Å². The summed E-state index contributed by atoms with van der Waals surface area (Å²) in [6.45, 7) is 14.4. The lowest BCUT2D eigenvalue weighted by atomic mass is 9.78. The Hall–Kier alpha value is -2.10. The molecule has 1 heterocycles. The quantitative estimate of drug-likeness (QED) is 0.368. The molecule has 1 amide bonds. The summed E-state index contributed by atoms with van der Waals surface area (Å²) in [5, 5.41) is 4.46. The summed E-state index contributed by atoms with van der Waals surface area (Å²) in [6.07, 6.45) is 6.14. The van der Waals surface area contributed by atoms with Crippen LogP contribution in [0.5, 0.6) is 0 Å². The van der Waals surface area contributed by atoms with Crippen molar-refractivity contribution in [3.63, 3.8) is 0 Å². The topological polar surface area (TPSA) is 104 Å². The van der Waals surface area contributed by atoms with E-state index < -0.39 is 17.0 Å². The summed E-state index contributed by atoms with van der Waals surface area (Å²) in [5.74, 6) is 1.93. The molecule has 3 fully saturated rings. The zero-order chi connectivity index (χ0) is 28.9. The van der Waals surface area contributed by atoms with E-state index in [0.29, 0.717) is 24.2 Å². The van der Waals surface area contributed by atoms with E-state index in [0.717, 1.165) is 44.9 Å². The largest absolute Gasteiger partial charge is 0.598 e. The Morgan fingerprint density at radius 2 is 1.77 bits per heavy atom. The Labute approximate surface area is 242 Å². The van der Waals surface area contributed by atoms with E-state index in [1.54, 1.807) is 0 Å².